The maximum Gasteiger partial charge on any atom is 0.237 e. The molecule has 2 atom stereocenters. The van der Waals surface area contributed by atoms with Gasteiger partial charge in [0.15, 0.2) is 0 Å². The van der Waals surface area contributed by atoms with Crippen molar-refractivity contribution < 1.29 is 4.79 Å². The number of likely N-dealkylation sites (tertiary alicyclic amines) is 1. The van der Waals surface area contributed by atoms with Gasteiger partial charge in [-0.15, -0.1) is 0 Å². The van der Waals surface area contributed by atoms with Crippen molar-refractivity contribution in [3.63, 3.8) is 0 Å². The molecule has 2 heterocycles. The maximum absolute atomic E-state index is 12.8. The molecule has 0 bridgehead atoms. The highest BCUT2D eigenvalue weighted by Crippen LogP contribution is 2.37. The van der Waals surface area contributed by atoms with Gasteiger partial charge in [0.1, 0.15) is 0 Å². The van der Waals surface area contributed by atoms with Crippen LogP contribution in [0.5, 0.6) is 0 Å². The fourth-order valence-corrected chi connectivity index (χ4v) is 4.51. The third-order valence-electron chi connectivity index (χ3n) is 5.95. The molecule has 3 aliphatic rings. The smallest absolute Gasteiger partial charge is 0.237 e. The monoisotopic (exact) mass is 293 g/mol. The standard InChI is InChI=1S/C17H31N3O/c1-17(2)9-3-6-15(17)19-16(21)14-5-4-12-20(14)13-7-10-18-11-8-13/h13-15,18H,3-12H2,1-2H3,(H,19,21). The Morgan fingerprint density at radius 2 is 1.90 bits per heavy atom. The minimum absolute atomic E-state index is 0.129. The Hall–Kier alpha value is -0.610. The Kier molecular flexibility index (Phi) is 4.55. The number of nitrogens with zero attached hydrogens (tertiary/aromatic N) is 1. The highest BCUT2D eigenvalue weighted by Gasteiger charge is 2.40. The van der Waals surface area contributed by atoms with E-state index in [0.717, 1.165) is 32.5 Å². The van der Waals surface area contributed by atoms with Gasteiger partial charge in [0.25, 0.3) is 0 Å². The molecule has 0 aromatic carbocycles. The Labute approximate surface area is 129 Å². The average molecular weight is 293 g/mol. The number of piperidine rings is 1. The van der Waals surface area contributed by atoms with Gasteiger partial charge in [0.2, 0.25) is 5.91 Å². The van der Waals surface area contributed by atoms with Crippen LogP contribution >= 0.6 is 0 Å². The molecule has 0 aromatic heterocycles. The number of nitrogens with one attached hydrogen (secondary N) is 2. The number of carbonyl (C=O) groups is 1. The molecule has 21 heavy (non-hydrogen) atoms. The van der Waals surface area contributed by atoms with Crippen molar-refractivity contribution in [2.24, 2.45) is 5.41 Å². The van der Waals surface area contributed by atoms with Gasteiger partial charge in [-0.05, 0) is 63.6 Å². The third-order valence-corrected chi connectivity index (χ3v) is 5.95. The zero-order valence-electron chi connectivity index (χ0n) is 13.7. The second-order valence-electron chi connectivity index (χ2n) is 7.82. The molecule has 2 N–H and O–H groups in total. The second-order valence-corrected chi connectivity index (χ2v) is 7.82. The van der Waals surface area contributed by atoms with Gasteiger partial charge < -0.3 is 10.6 Å². The van der Waals surface area contributed by atoms with Crippen LogP contribution in [0.4, 0.5) is 0 Å². The summed E-state index contributed by atoms with van der Waals surface area (Å²) in [5.74, 6) is 0.297. The fourth-order valence-electron chi connectivity index (χ4n) is 4.51. The predicted octanol–water partition coefficient (Wildman–Crippen LogP) is 1.90. The molecular weight excluding hydrogens is 262 g/mol. The lowest BCUT2D eigenvalue weighted by atomic mass is 9.87. The summed E-state index contributed by atoms with van der Waals surface area (Å²) in [5, 5.41) is 6.81. The van der Waals surface area contributed by atoms with E-state index < -0.39 is 0 Å². The lowest BCUT2D eigenvalue weighted by molar-refractivity contribution is -0.127. The van der Waals surface area contributed by atoms with Crippen molar-refractivity contribution in [1.82, 2.24) is 15.5 Å². The van der Waals surface area contributed by atoms with Crippen LogP contribution in [0.1, 0.15) is 58.8 Å². The molecule has 2 aliphatic heterocycles. The van der Waals surface area contributed by atoms with Crippen LogP contribution in [0.3, 0.4) is 0 Å². The first-order valence-corrected chi connectivity index (χ1v) is 8.85. The van der Waals surface area contributed by atoms with Gasteiger partial charge in [-0.1, -0.05) is 20.3 Å². The molecule has 1 aliphatic carbocycles. The summed E-state index contributed by atoms with van der Waals surface area (Å²) in [6.07, 6.45) is 8.25. The van der Waals surface area contributed by atoms with E-state index in [-0.39, 0.29) is 11.5 Å². The van der Waals surface area contributed by atoms with E-state index in [1.54, 1.807) is 0 Å². The predicted molar refractivity (Wildman–Crippen MR) is 85.2 cm³/mol. The number of carbonyl (C=O) groups excluding carboxylic acids is 1. The molecule has 2 saturated heterocycles. The first kappa shape index (κ1) is 15.3. The van der Waals surface area contributed by atoms with Crippen LogP contribution < -0.4 is 10.6 Å². The Balaban J connectivity index is 1.60. The molecule has 3 rings (SSSR count). The Morgan fingerprint density at radius 3 is 2.57 bits per heavy atom. The molecule has 3 fully saturated rings. The minimum atomic E-state index is 0.129. The first-order valence-electron chi connectivity index (χ1n) is 8.85. The zero-order valence-corrected chi connectivity index (χ0v) is 13.7. The van der Waals surface area contributed by atoms with Gasteiger partial charge >= 0.3 is 0 Å². The lowest BCUT2D eigenvalue weighted by Crippen LogP contribution is -2.53. The van der Waals surface area contributed by atoms with Crippen LogP contribution in [-0.4, -0.2) is 48.6 Å². The van der Waals surface area contributed by atoms with E-state index in [2.05, 4.69) is 29.4 Å². The van der Waals surface area contributed by atoms with E-state index >= 15 is 0 Å². The van der Waals surface area contributed by atoms with E-state index in [0.29, 0.717) is 18.0 Å². The SMILES string of the molecule is CC1(C)CCCC1NC(=O)C1CCCN1C1CCNCC1. The van der Waals surface area contributed by atoms with Crippen LogP contribution in [0.15, 0.2) is 0 Å². The van der Waals surface area contributed by atoms with Gasteiger partial charge in [-0.25, -0.2) is 0 Å². The normalized spacial score (nSPS) is 34.2. The topological polar surface area (TPSA) is 44.4 Å². The van der Waals surface area contributed by atoms with Crippen molar-refractivity contribution in [1.29, 1.82) is 0 Å². The van der Waals surface area contributed by atoms with Crippen molar-refractivity contribution in [2.45, 2.75) is 76.9 Å². The molecule has 0 spiro atoms. The Bertz CT molecular complexity index is 376. The summed E-state index contributed by atoms with van der Waals surface area (Å²) < 4.78 is 0. The van der Waals surface area contributed by atoms with Crippen molar-refractivity contribution >= 4 is 5.91 Å². The number of hydrogen-bond donors (Lipinski definition) is 2. The number of hydrogen-bond acceptors (Lipinski definition) is 3. The van der Waals surface area contributed by atoms with Crippen molar-refractivity contribution in [2.75, 3.05) is 19.6 Å². The van der Waals surface area contributed by atoms with E-state index in [4.69, 9.17) is 0 Å². The first-order chi connectivity index (χ1) is 10.1. The lowest BCUT2D eigenvalue weighted by Gasteiger charge is -2.36. The average Bonchev–Trinajstić information content (AvgIpc) is 3.07. The molecule has 4 heteroatoms. The summed E-state index contributed by atoms with van der Waals surface area (Å²) in [7, 11) is 0. The minimum Gasteiger partial charge on any atom is -0.351 e. The van der Waals surface area contributed by atoms with Crippen LogP contribution in [-0.2, 0) is 4.79 Å². The van der Waals surface area contributed by atoms with Crippen LogP contribution in [0.2, 0.25) is 0 Å². The van der Waals surface area contributed by atoms with Gasteiger partial charge in [0, 0.05) is 12.1 Å². The fraction of sp³-hybridized carbons (Fsp3) is 0.941. The molecule has 1 amide bonds. The van der Waals surface area contributed by atoms with Gasteiger partial charge in [-0.3, -0.25) is 9.69 Å². The van der Waals surface area contributed by atoms with Crippen molar-refractivity contribution in [3.05, 3.63) is 0 Å². The highest BCUT2D eigenvalue weighted by atomic mass is 16.2. The van der Waals surface area contributed by atoms with Crippen molar-refractivity contribution in [3.8, 4) is 0 Å². The third kappa shape index (κ3) is 3.26. The van der Waals surface area contributed by atoms with Gasteiger partial charge in [0.05, 0.1) is 6.04 Å². The molecular formula is C17H31N3O. The number of amides is 1. The maximum atomic E-state index is 12.8. The Morgan fingerprint density at radius 1 is 1.14 bits per heavy atom. The largest absolute Gasteiger partial charge is 0.351 e. The highest BCUT2D eigenvalue weighted by molar-refractivity contribution is 5.82. The molecule has 2 unspecified atom stereocenters. The summed E-state index contributed by atoms with van der Waals surface area (Å²) >= 11 is 0. The second kappa shape index (κ2) is 6.25. The molecule has 0 aromatic rings. The summed E-state index contributed by atoms with van der Waals surface area (Å²) in [5.41, 5.74) is 0.272. The molecule has 120 valence electrons. The van der Waals surface area contributed by atoms with Crippen LogP contribution in [0.25, 0.3) is 0 Å². The molecule has 0 radical (unpaired) electrons. The summed E-state index contributed by atoms with van der Waals surface area (Å²) in [6, 6.07) is 1.12. The summed E-state index contributed by atoms with van der Waals surface area (Å²) in [6.45, 7) is 7.90. The number of rotatable bonds is 3. The molecule has 1 saturated carbocycles. The van der Waals surface area contributed by atoms with E-state index in [9.17, 15) is 4.79 Å². The zero-order chi connectivity index (χ0) is 14.9. The van der Waals surface area contributed by atoms with Gasteiger partial charge in [-0.2, -0.15) is 0 Å². The molecule has 4 nitrogen and oxygen atoms in total. The quantitative estimate of drug-likeness (QED) is 0.835. The van der Waals surface area contributed by atoms with E-state index in [1.165, 1.54) is 32.1 Å². The van der Waals surface area contributed by atoms with Crippen LogP contribution in [0, 0.1) is 5.41 Å². The summed E-state index contributed by atoms with van der Waals surface area (Å²) in [4.78, 5) is 15.3. The van der Waals surface area contributed by atoms with E-state index in [1.807, 2.05) is 0 Å².